The number of urea groups is 1. The molecule has 1 N–H and O–H groups in total. The first-order chi connectivity index (χ1) is 17.0. The second-order valence-corrected chi connectivity index (χ2v) is 8.63. The number of piperidine rings is 1. The number of likely N-dealkylation sites (tertiary alicyclic amines) is 1. The molecule has 2 heterocycles. The van der Waals surface area contributed by atoms with E-state index in [1.54, 1.807) is 26.0 Å². The number of aromatic nitrogens is 2. The van der Waals surface area contributed by atoms with Crippen molar-refractivity contribution in [1.82, 2.24) is 19.5 Å². The molecule has 0 unspecified atom stereocenters. The Balaban J connectivity index is 1.72. The SMILES string of the molecule is CCN(O)C(=O)N1CCC(c2nc(-c3ccc(OC)cc3)c(-c3ccc(OC)cc3)n2CC)CC1. The molecule has 8 nitrogen and oxygen atoms in total. The Morgan fingerprint density at radius 3 is 2.00 bits per heavy atom. The Labute approximate surface area is 206 Å². The monoisotopic (exact) mass is 478 g/mol. The maximum absolute atomic E-state index is 12.4. The van der Waals surface area contributed by atoms with E-state index in [0.717, 1.165) is 64.3 Å². The largest absolute Gasteiger partial charge is 0.497 e. The van der Waals surface area contributed by atoms with Crippen LogP contribution in [-0.4, -0.2) is 64.6 Å². The number of rotatable bonds is 7. The van der Waals surface area contributed by atoms with Gasteiger partial charge in [0.1, 0.15) is 17.3 Å². The van der Waals surface area contributed by atoms with Crippen LogP contribution < -0.4 is 9.47 Å². The summed E-state index contributed by atoms with van der Waals surface area (Å²) in [7, 11) is 3.33. The van der Waals surface area contributed by atoms with Gasteiger partial charge >= 0.3 is 6.03 Å². The Hall–Kier alpha value is -3.52. The van der Waals surface area contributed by atoms with Gasteiger partial charge in [-0.2, -0.15) is 0 Å². The van der Waals surface area contributed by atoms with Crippen LogP contribution in [-0.2, 0) is 6.54 Å². The Morgan fingerprint density at radius 1 is 0.971 bits per heavy atom. The first kappa shape index (κ1) is 24.6. The zero-order valence-electron chi connectivity index (χ0n) is 20.9. The van der Waals surface area contributed by atoms with E-state index < -0.39 is 0 Å². The lowest BCUT2D eigenvalue weighted by molar-refractivity contribution is -0.0542. The third-order valence-electron chi connectivity index (χ3n) is 6.69. The summed E-state index contributed by atoms with van der Waals surface area (Å²) in [6.45, 7) is 6.12. The topological polar surface area (TPSA) is 80.1 Å². The minimum absolute atomic E-state index is 0.219. The van der Waals surface area contributed by atoms with Crippen molar-refractivity contribution in [2.45, 2.75) is 39.2 Å². The molecule has 0 atom stereocenters. The molecule has 0 aliphatic carbocycles. The van der Waals surface area contributed by atoms with Crippen molar-refractivity contribution in [3.63, 3.8) is 0 Å². The average molecular weight is 479 g/mol. The fourth-order valence-corrected chi connectivity index (χ4v) is 4.72. The van der Waals surface area contributed by atoms with Gasteiger partial charge in [0.15, 0.2) is 0 Å². The van der Waals surface area contributed by atoms with Gasteiger partial charge in [0.05, 0.1) is 25.6 Å². The van der Waals surface area contributed by atoms with Crippen LogP contribution >= 0.6 is 0 Å². The number of imidazole rings is 1. The number of benzene rings is 2. The van der Waals surface area contributed by atoms with Crippen molar-refractivity contribution in [1.29, 1.82) is 0 Å². The summed E-state index contributed by atoms with van der Waals surface area (Å²) >= 11 is 0. The molecule has 186 valence electrons. The Morgan fingerprint density at radius 2 is 1.51 bits per heavy atom. The smallest absolute Gasteiger partial charge is 0.343 e. The van der Waals surface area contributed by atoms with Crippen LogP contribution in [0.15, 0.2) is 48.5 Å². The highest BCUT2D eigenvalue weighted by molar-refractivity contribution is 5.80. The molecule has 1 saturated heterocycles. The first-order valence-electron chi connectivity index (χ1n) is 12.1. The lowest BCUT2D eigenvalue weighted by Crippen LogP contribution is -2.45. The van der Waals surface area contributed by atoms with Gasteiger partial charge in [-0.25, -0.2) is 14.8 Å². The van der Waals surface area contributed by atoms with E-state index in [-0.39, 0.29) is 18.5 Å². The third kappa shape index (κ3) is 4.98. The van der Waals surface area contributed by atoms with Crippen molar-refractivity contribution in [3.8, 4) is 34.0 Å². The number of amides is 2. The van der Waals surface area contributed by atoms with E-state index in [4.69, 9.17) is 14.5 Å². The highest BCUT2D eigenvalue weighted by Gasteiger charge is 2.30. The number of hydrogen-bond acceptors (Lipinski definition) is 5. The van der Waals surface area contributed by atoms with Crippen LogP contribution in [0.2, 0.25) is 0 Å². The van der Waals surface area contributed by atoms with E-state index in [2.05, 4.69) is 23.6 Å². The minimum atomic E-state index is -0.331. The van der Waals surface area contributed by atoms with Gasteiger partial charge < -0.3 is 18.9 Å². The molecule has 8 heteroatoms. The normalized spacial score (nSPS) is 14.1. The third-order valence-corrected chi connectivity index (χ3v) is 6.69. The summed E-state index contributed by atoms with van der Waals surface area (Å²) in [4.78, 5) is 19.3. The van der Waals surface area contributed by atoms with Crippen LogP contribution in [0.3, 0.4) is 0 Å². The van der Waals surface area contributed by atoms with Gasteiger partial charge in [0, 0.05) is 43.2 Å². The predicted octanol–water partition coefficient (Wildman–Crippen LogP) is 5.26. The summed E-state index contributed by atoms with van der Waals surface area (Å²) in [5.41, 5.74) is 4.10. The first-order valence-corrected chi connectivity index (χ1v) is 12.1. The second kappa shape index (κ2) is 10.8. The number of carbonyl (C=O) groups is 1. The predicted molar refractivity (Wildman–Crippen MR) is 135 cm³/mol. The number of ether oxygens (including phenoxy) is 2. The average Bonchev–Trinajstić information content (AvgIpc) is 3.32. The molecular weight excluding hydrogens is 444 g/mol. The van der Waals surface area contributed by atoms with Crippen LogP contribution in [0.5, 0.6) is 11.5 Å². The van der Waals surface area contributed by atoms with Crippen LogP contribution in [0.1, 0.15) is 38.4 Å². The van der Waals surface area contributed by atoms with E-state index >= 15 is 0 Å². The summed E-state index contributed by atoms with van der Waals surface area (Å²) in [6.07, 6.45) is 1.59. The minimum Gasteiger partial charge on any atom is -0.497 e. The number of hydroxylamine groups is 2. The highest BCUT2D eigenvalue weighted by Crippen LogP contribution is 2.38. The summed E-state index contributed by atoms with van der Waals surface area (Å²) in [6, 6.07) is 15.7. The van der Waals surface area contributed by atoms with Crippen molar-refractivity contribution >= 4 is 6.03 Å². The van der Waals surface area contributed by atoms with Gasteiger partial charge in [-0.15, -0.1) is 0 Å². The van der Waals surface area contributed by atoms with Gasteiger partial charge in [-0.1, -0.05) is 0 Å². The molecule has 0 radical (unpaired) electrons. The number of hydrogen-bond donors (Lipinski definition) is 1. The molecule has 0 saturated carbocycles. The number of carbonyl (C=O) groups excluding carboxylic acids is 1. The maximum atomic E-state index is 12.4. The molecule has 1 aliphatic rings. The van der Waals surface area contributed by atoms with Crippen molar-refractivity contribution < 1.29 is 19.5 Å². The fourth-order valence-electron chi connectivity index (χ4n) is 4.72. The molecule has 0 spiro atoms. The van der Waals surface area contributed by atoms with E-state index in [1.165, 1.54) is 0 Å². The van der Waals surface area contributed by atoms with E-state index in [9.17, 15) is 10.0 Å². The quantitative estimate of drug-likeness (QED) is 0.370. The van der Waals surface area contributed by atoms with Crippen molar-refractivity contribution in [2.75, 3.05) is 33.9 Å². The second-order valence-electron chi connectivity index (χ2n) is 8.63. The maximum Gasteiger partial charge on any atom is 0.343 e. The van der Waals surface area contributed by atoms with Gasteiger partial charge in [0.25, 0.3) is 0 Å². The van der Waals surface area contributed by atoms with Crippen molar-refractivity contribution in [2.24, 2.45) is 0 Å². The van der Waals surface area contributed by atoms with Crippen LogP contribution in [0, 0.1) is 0 Å². The molecule has 35 heavy (non-hydrogen) atoms. The summed E-state index contributed by atoms with van der Waals surface area (Å²) < 4.78 is 13.0. The molecule has 2 amide bonds. The van der Waals surface area contributed by atoms with Gasteiger partial charge in [-0.3, -0.25) is 5.21 Å². The standard InChI is InChI=1S/C27H34N4O4/c1-5-30-25(20-9-13-23(35-4)14-10-20)24(19-7-11-22(34-3)12-8-19)28-26(30)21-15-17-29(18-16-21)27(32)31(33)6-2/h7-14,21,33H,5-6,15-18H2,1-4H3. The van der Waals surface area contributed by atoms with Crippen molar-refractivity contribution in [3.05, 3.63) is 54.4 Å². The molecule has 3 aromatic rings. The van der Waals surface area contributed by atoms with E-state index in [0.29, 0.717) is 13.1 Å². The molecule has 4 rings (SSSR count). The Kier molecular flexibility index (Phi) is 7.60. The lowest BCUT2D eigenvalue weighted by Gasteiger charge is -2.33. The Bertz CT molecular complexity index is 1130. The molecule has 1 fully saturated rings. The molecule has 1 aromatic heterocycles. The number of methoxy groups -OCH3 is 2. The van der Waals surface area contributed by atoms with E-state index in [1.807, 2.05) is 36.4 Å². The van der Waals surface area contributed by atoms with Gasteiger partial charge in [-0.05, 0) is 75.2 Å². The van der Waals surface area contributed by atoms with Gasteiger partial charge in [0.2, 0.25) is 0 Å². The molecule has 0 bridgehead atoms. The fraction of sp³-hybridized carbons (Fsp3) is 0.407. The highest BCUT2D eigenvalue weighted by atomic mass is 16.5. The van der Waals surface area contributed by atoms with Crippen LogP contribution in [0.4, 0.5) is 4.79 Å². The van der Waals surface area contributed by atoms with Crippen LogP contribution in [0.25, 0.3) is 22.5 Å². The molecule has 2 aromatic carbocycles. The summed E-state index contributed by atoms with van der Waals surface area (Å²) in [5, 5.41) is 10.6. The summed E-state index contributed by atoms with van der Waals surface area (Å²) in [5.74, 6) is 2.87. The zero-order valence-corrected chi connectivity index (χ0v) is 20.9. The molecule has 1 aliphatic heterocycles. The lowest BCUT2D eigenvalue weighted by atomic mass is 9.96. The number of nitrogens with zero attached hydrogens (tertiary/aromatic N) is 4. The zero-order chi connectivity index (χ0) is 24.9. The molecular formula is C27H34N4O4.